The first-order valence-corrected chi connectivity index (χ1v) is 8.82. The predicted molar refractivity (Wildman–Crippen MR) is 96.3 cm³/mol. The molecule has 0 spiro atoms. The second kappa shape index (κ2) is 6.40. The van der Waals surface area contributed by atoms with Crippen LogP contribution >= 0.6 is 0 Å². The number of para-hydroxylation sites is 2. The van der Waals surface area contributed by atoms with Crippen molar-refractivity contribution < 1.29 is 18.0 Å². The topological polar surface area (TPSA) is 46.9 Å². The summed E-state index contributed by atoms with van der Waals surface area (Å²) >= 11 is 0. The van der Waals surface area contributed by atoms with Gasteiger partial charge in [-0.15, -0.1) is 0 Å². The molecule has 0 aliphatic heterocycles. The summed E-state index contributed by atoms with van der Waals surface area (Å²) in [6, 6.07) is 13.0. The van der Waals surface area contributed by atoms with E-state index in [1.807, 2.05) is 35.8 Å². The molecular formula is C20H18F3N3O. The molecule has 1 aromatic heterocycles. The summed E-state index contributed by atoms with van der Waals surface area (Å²) in [5.74, 6) is -0.749. The van der Waals surface area contributed by atoms with Gasteiger partial charge in [-0.25, -0.2) is 4.98 Å². The zero-order valence-corrected chi connectivity index (χ0v) is 14.6. The molecule has 0 bridgehead atoms. The molecule has 1 N–H and O–H groups in total. The van der Waals surface area contributed by atoms with Gasteiger partial charge in [-0.05, 0) is 43.0 Å². The summed E-state index contributed by atoms with van der Waals surface area (Å²) in [5, 5.41) is 2.80. The van der Waals surface area contributed by atoms with E-state index in [-0.39, 0.29) is 11.5 Å². The normalized spacial score (nSPS) is 19.3. The number of carbonyl (C=O) groups excluding carboxylic acids is 1. The van der Waals surface area contributed by atoms with Crippen molar-refractivity contribution in [1.29, 1.82) is 0 Å². The van der Waals surface area contributed by atoms with Crippen LogP contribution in [0.4, 0.5) is 19.1 Å². The predicted octanol–water partition coefficient (Wildman–Crippen LogP) is 4.82. The summed E-state index contributed by atoms with van der Waals surface area (Å²) in [4.78, 5) is 17.1. The molecule has 0 saturated heterocycles. The maximum atomic E-state index is 13.2. The number of anilines is 1. The number of alkyl halides is 3. The Morgan fingerprint density at radius 1 is 1.19 bits per heavy atom. The third-order valence-corrected chi connectivity index (χ3v) is 5.00. The number of carbonyl (C=O) groups is 1. The molecule has 4 nitrogen and oxygen atoms in total. The van der Waals surface area contributed by atoms with Crippen LogP contribution in [0.15, 0.2) is 48.5 Å². The average Bonchev–Trinajstić information content (AvgIpc) is 3.36. The highest BCUT2D eigenvalue weighted by Crippen LogP contribution is 2.51. The third kappa shape index (κ3) is 3.18. The summed E-state index contributed by atoms with van der Waals surface area (Å²) < 4.78 is 41.5. The Morgan fingerprint density at radius 3 is 2.63 bits per heavy atom. The Bertz CT molecular complexity index is 1010. The van der Waals surface area contributed by atoms with Crippen LogP contribution in [-0.4, -0.2) is 15.5 Å². The van der Waals surface area contributed by atoms with Crippen LogP contribution in [0.25, 0.3) is 11.0 Å². The van der Waals surface area contributed by atoms with Gasteiger partial charge in [0, 0.05) is 12.5 Å². The Labute approximate surface area is 154 Å². The van der Waals surface area contributed by atoms with Crippen molar-refractivity contribution in [3.05, 3.63) is 59.7 Å². The number of imidazole rings is 1. The zero-order valence-electron chi connectivity index (χ0n) is 14.6. The van der Waals surface area contributed by atoms with Crippen LogP contribution in [0.5, 0.6) is 0 Å². The Balaban J connectivity index is 1.55. The quantitative estimate of drug-likeness (QED) is 0.713. The average molecular weight is 373 g/mol. The molecule has 1 amide bonds. The standard InChI is InChI=1S/C20H18F3N3O/c1-2-26-17-10-6-5-9-16(17)24-19(26)25-18(27)14-11-13(14)12-7-3-4-8-15(12)20(21,22)23/h3-10,13-14H,2,11H2,1H3,(H,24,25,27). The van der Waals surface area contributed by atoms with Crippen molar-refractivity contribution in [2.75, 3.05) is 5.32 Å². The highest BCUT2D eigenvalue weighted by molar-refractivity contribution is 5.95. The maximum Gasteiger partial charge on any atom is 0.416 e. The largest absolute Gasteiger partial charge is 0.416 e. The maximum absolute atomic E-state index is 13.2. The number of benzene rings is 2. The number of hydrogen-bond acceptors (Lipinski definition) is 2. The minimum absolute atomic E-state index is 0.189. The van der Waals surface area contributed by atoms with Crippen molar-refractivity contribution >= 4 is 22.9 Å². The number of aromatic nitrogens is 2. The SMILES string of the molecule is CCn1c(NC(=O)C2CC2c2ccccc2C(F)(F)F)nc2ccccc21. The molecule has 0 radical (unpaired) electrons. The van der Waals surface area contributed by atoms with Gasteiger partial charge < -0.3 is 4.57 Å². The number of fused-ring (bicyclic) bond motifs is 1. The van der Waals surface area contributed by atoms with Crippen molar-refractivity contribution in [3.63, 3.8) is 0 Å². The summed E-state index contributed by atoms with van der Waals surface area (Å²) in [7, 11) is 0. The first-order valence-electron chi connectivity index (χ1n) is 8.82. The molecular weight excluding hydrogens is 355 g/mol. The van der Waals surface area contributed by atoms with Gasteiger partial charge in [0.1, 0.15) is 0 Å². The van der Waals surface area contributed by atoms with Crippen molar-refractivity contribution in [2.45, 2.75) is 32.0 Å². The number of nitrogens with one attached hydrogen (secondary N) is 1. The lowest BCUT2D eigenvalue weighted by Gasteiger charge is -2.12. The summed E-state index contributed by atoms with van der Waals surface area (Å²) in [5.41, 5.74) is 1.20. The van der Waals surface area contributed by atoms with E-state index < -0.39 is 23.6 Å². The highest BCUT2D eigenvalue weighted by Gasteiger charge is 2.48. The molecule has 1 aliphatic rings. The second-order valence-electron chi connectivity index (χ2n) is 6.69. The van der Waals surface area contributed by atoms with Gasteiger partial charge >= 0.3 is 6.18 Å². The smallest absolute Gasteiger partial charge is 0.310 e. The van der Waals surface area contributed by atoms with Gasteiger partial charge in [0.25, 0.3) is 0 Å². The van der Waals surface area contributed by atoms with Crippen LogP contribution in [0.3, 0.4) is 0 Å². The molecule has 4 rings (SSSR count). The molecule has 3 aromatic rings. The Morgan fingerprint density at radius 2 is 1.89 bits per heavy atom. The van der Waals surface area contributed by atoms with E-state index in [0.717, 1.165) is 17.1 Å². The Kier molecular flexibility index (Phi) is 4.17. The molecule has 1 aliphatic carbocycles. The van der Waals surface area contributed by atoms with E-state index in [0.29, 0.717) is 18.9 Å². The van der Waals surface area contributed by atoms with Gasteiger partial charge in [0.15, 0.2) is 0 Å². The van der Waals surface area contributed by atoms with Gasteiger partial charge in [-0.1, -0.05) is 30.3 Å². The Hall–Kier alpha value is -2.83. The molecule has 2 aromatic carbocycles. The molecule has 1 fully saturated rings. The molecule has 1 saturated carbocycles. The van der Waals surface area contributed by atoms with Gasteiger partial charge in [-0.3, -0.25) is 10.1 Å². The first kappa shape index (κ1) is 17.6. The van der Waals surface area contributed by atoms with Crippen molar-refractivity contribution in [1.82, 2.24) is 9.55 Å². The second-order valence-corrected chi connectivity index (χ2v) is 6.69. The number of amides is 1. The van der Waals surface area contributed by atoms with Crippen LogP contribution in [0.1, 0.15) is 30.4 Å². The van der Waals surface area contributed by atoms with Crippen LogP contribution in [0.2, 0.25) is 0 Å². The molecule has 140 valence electrons. The first-order chi connectivity index (χ1) is 12.9. The summed E-state index contributed by atoms with van der Waals surface area (Å²) in [6.45, 7) is 2.57. The van der Waals surface area contributed by atoms with Gasteiger partial charge in [0.05, 0.1) is 16.6 Å². The molecule has 7 heteroatoms. The van der Waals surface area contributed by atoms with Crippen molar-refractivity contribution in [2.24, 2.45) is 5.92 Å². The molecule has 27 heavy (non-hydrogen) atoms. The fourth-order valence-electron chi connectivity index (χ4n) is 3.60. The lowest BCUT2D eigenvalue weighted by molar-refractivity contribution is -0.138. The highest BCUT2D eigenvalue weighted by atomic mass is 19.4. The van der Waals surface area contributed by atoms with E-state index in [9.17, 15) is 18.0 Å². The molecule has 1 heterocycles. The van der Waals surface area contributed by atoms with E-state index in [1.165, 1.54) is 12.1 Å². The van der Waals surface area contributed by atoms with Gasteiger partial charge in [0.2, 0.25) is 11.9 Å². The number of halogens is 3. The lowest BCUT2D eigenvalue weighted by Crippen LogP contribution is -2.18. The fourth-order valence-corrected chi connectivity index (χ4v) is 3.60. The minimum Gasteiger partial charge on any atom is -0.310 e. The minimum atomic E-state index is -4.42. The van der Waals surface area contributed by atoms with Gasteiger partial charge in [-0.2, -0.15) is 13.2 Å². The number of aryl methyl sites for hydroxylation is 1. The third-order valence-electron chi connectivity index (χ3n) is 5.00. The van der Waals surface area contributed by atoms with Crippen LogP contribution in [0, 0.1) is 5.92 Å². The monoisotopic (exact) mass is 373 g/mol. The van der Waals surface area contributed by atoms with E-state index in [1.54, 1.807) is 6.07 Å². The molecule has 2 atom stereocenters. The molecule has 2 unspecified atom stereocenters. The number of nitrogens with zero attached hydrogens (tertiary/aromatic N) is 2. The van der Waals surface area contributed by atoms with Crippen molar-refractivity contribution in [3.8, 4) is 0 Å². The van der Waals surface area contributed by atoms with E-state index in [4.69, 9.17) is 0 Å². The number of hydrogen-bond donors (Lipinski definition) is 1. The van der Waals surface area contributed by atoms with E-state index in [2.05, 4.69) is 10.3 Å². The number of rotatable bonds is 4. The van der Waals surface area contributed by atoms with Crippen LogP contribution < -0.4 is 5.32 Å². The fraction of sp³-hybridized carbons (Fsp3) is 0.300. The zero-order chi connectivity index (χ0) is 19.2. The van der Waals surface area contributed by atoms with Crippen LogP contribution in [-0.2, 0) is 17.5 Å². The van der Waals surface area contributed by atoms with E-state index >= 15 is 0 Å². The summed E-state index contributed by atoms with van der Waals surface area (Å²) in [6.07, 6.45) is -4.01. The lowest BCUT2D eigenvalue weighted by atomic mass is 10.0.